The number of nitrogens with zero attached hydrogens (tertiary/aromatic N) is 1. The van der Waals surface area contributed by atoms with Crippen molar-refractivity contribution in [1.82, 2.24) is 4.72 Å². The second-order valence-corrected chi connectivity index (χ2v) is 9.53. The van der Waals surface area contributed by atoms with Crippen LogP contribution >= 0.6 is 11.6 Å². The fourth-order valence-electron chi connectivity index (χ4n) is 3.36. The Kier molecular flexibility index (Phi) is 7.32. The van der Waals surface area contributed by atoms with Gasteiger partial charge < -0.3 is 15.0 Å². The van der Waals surface area contributed by atoms with Gasteiger partial charge in [-0.1, -0.05) is 17.7 Å². The molecule has 0 aliphatic carbocycles. The van der Waals surface area contributed by atoms with Gasteiger partial charge >= 0.3 is 0 Å². The molecule has 0 radical (unpaired) electrons. The lowest BCUT2D eigenvalue weighted by Crippen LogP contribution is -2.35. The molecule has 2 aromatic carbocycles. The number of nitrogens with one attached hydrogen (secondary N) is 2. The van der Waals surface area contributed by atoms with E-state index < -0.39 is 15.9 Å². The SMILES string of the molecule is COCC(C)NS(=O)(=O)c1ccc(NC(=O)C2CC(=O)N(c3cccc(Cl)c3)C2)cc1. The van der Waals surface area contributed by atoms with Crippen LogP contribution in [0.2, 0.25) is 5.02 Å². The number of sulfonamides is 1. The number of carbonyl (C=O) groups is 2. The normalized spacial score (nSPS) is 17.6. The molecular weight excluding hydrogens is 442 g/mol. The first kappa shape index (κ1) is 23.2. The number of amides is 2. The van der Waals surface area contributed by atoms with Crippen molar-refractivity contribution in [2.24, 2.45) is 5.92 Å². The summed E-state index contributed by atoms with van der Waals surface area (Å²) in [6, 6.07) is 12.4. The summed E-state index contributed by atoms with van der Waals surface area (Å²) in [7, 11) is -2.20. The van der Waals surface area contributed by atoms with Crippen LogP contribution in [0.5, 0.6) is 0 Å². The number of halogens is 1. The molecule has 166 valence electrons. The predicted molar refractivity (Wildman–Crippen MR) is 119 cm³/mol. The molecule has 0 aromatic heterocycles. The second kappa shape index (κ2) is 9.78. The van der Waals surface area contributed by atoms with Crippen molar-refractivity contribution in [3.63, 3.8) is 0 Å². The molecule has 31 heavy (non-hydrogen) atoms. The van der Waals surface area contributed by atoms with Gasteiger partial charge in [-0.25, -0.2) is 13.1 Å². The molecule has 2 N–H and O–H groups in total. The summed E-state index contributed by atoms with van der Waals surface area (Å²) in [5.41, 5.74) is 1.10. The zero-order chi connectivity index (χ0) is 22.6. The average molecular weight is 466 g/mol. The van der Waals surface area contributed by atoms with E-state index in [1.54, 1.807) is 36.1 Å². The largest absolute Gasteiger partial charge is 0.383 e. The molecule has 2 atom stereocenters. The fraction of sp³-hybridized carbons (Fsp3) is 0.333. The minimum Gasteiger partial charge on any atom is -0.383 e. The fourth-order valence-corrected chi connectivity index (χ4v) is 4.77. The third-order valence-electron chi connectivity index (χ3n) is 4.82. The van der Waals surface area contributed by atoms with Gasteiger partial charge in [-0.3, -0.25) is 9.59 Å². The lowest BCUT2D eigenvalue weighted by molar-refractivity contribution is -0.122. The van der Waals surface area contributed by atoms with E-state index in [2.05, 4.69) is 10.0 Å². The predicted octanol–water partition coefficient (Wildman–Crippen LogP) is 2.64. The minimum absolute atomic E-state index is 0.0802. The maximum absolute atomic E-state index is 12.6. The summed E-state index contributed by atoms with van der Waals surface area (Å²) in [5.74, 6) is -0.980. The summed E-state index contributed by atoms with van der Waals surface area (Å²) < 4.78 is 32.2. The van der Waals surface area contributed by atoms with Crippen LogP contribution < -0.4 is 14.9 Å². The van der Waals surface area contributed by atoms with Gasteiger partial charge in [0.2, 0.25) is 21.8 Å². The summed E-state index contributed by atoms with van der Waals surface area (Å²) >= 11 is 5.99. The van der Waals surface area contributed by atoms with Crippen molar-refractivity contribution in [1.29, 1.82) is 0 Å². The van der Waals surface area contributed by atoms with Crippen LogP contribution in [0.1, 0.15) is 13.3 Å². The lowest BCUT2D eigenvalue weighted by Gasteiger charge is -2.17. The number of carbonyl (C=O) groups excluding carboxylic acids is 2. The molecule has 1 fully saturated rings. The first-order valence-electron chi connectivity index (χ1n) is 9.67. The molecule has 0 spiro atoms. The highest BCUT2D eigenvalue weighted by atomic mass is 35.5. The number of ether oxygens (including phenoxy) is 1. The average Bonchev–Trinajstić information content (AvgIpc) is 3.10. The number of anilines is 2. The van der Waals surface area contributed by atoms with Crippen LogP contribution in [0.4, 0.5) is 11.4 Å². The van der Waals surface area contributed by atoms with Crippen LogP contribution in [0.15, 0.2) is 53.4 Å². The molecule has 2 aromatic rings. The number of benzene rings is 2. The number of rotatable bonds is 8. The lowest BCUT2D eigenvalue weighted by atomic mass is 10.1. The summed E-state index contributed by atoms with van der Waals surface area (Å²) in [5, 5.41) is 3.26. The Labute approximate surface area is 186 Å². The Morgan fingerprint density at radius 2 is 1.97 bits per heavy atom. The van der Waals surface area contributed by atoms with Crippen molar-refractivity contribution in [2.45, 2.75) is 24.3 Å². The smallest absolute Gasteiger partial charge is 0.240 e. The molecule has 0 bridgehead atoms. The maximum Gasteiger partial charge on any atom is 0.240 e. The van der Waals surface area contributed by atoms with Crippen LogP contribution in [0.25, 0.3) is 0 Å². The monoisotopic (exact) mass is 465 g/mol. The highest BCUT2D eigenvalue weighted by molar-refractivity contribution is 7.89. The topological polar surface area (TPSA) is 105 Å². The Morgan fingerprint density at radius 1 is 1.26 bits per heavy atom. The van der Waals surface area contributed by atoms with Gasteiger partial charge in [0.1, 0.15) is 0 Å². The Balaban J connectivity index is 1.63. The molecule has 0 saturated carbocycles. The van der Waals surface area contributed by atoms with Gasteiger partial charge in [-0.2, -0.15) is 0 Å². The highest BCUT2D eigenvalue weighted by Crippen LogP contribution is 2.28. The molecule has 3 rings (SSSR count). The minimum atomic E-state index is -3.70. The van der Waals surface area contributed by atoms with E-state index in [1.165, 1.54) is 31.4 Å². The summed E-state index contributed by atoms with van der Waals surface area (Å²) in [4.78, 5) is 26.6. The van der Waals surface area contributed by atoms with E-state index in [0.29, 0.717) is 16.4 Å². The summed E-state index contributed by atoms with van der Waals surface area (Å²) in [6.45, 7) is 2.20. The third-order valence-corrected chi connectivity index (χ3v) is 6.66. The van der Waals surface area contributed by atoms with E-state index in [-0.39, 0.29) is 42.3 Å². The second-order valence-electron chi connectivity index (χ2n) is 7.38. The van der Waals surface area contributed by atoms with Gasteiger partial charge in [0.25, 0.3) is 0 Å². The molecular formula is C21H24ClN3O5S. The van der Waals surface area contributed by atoms with E-state index in [1.807, 2.05) is 0 Å². The van der Waals surface area contributed by atoms with Crippen LogP contribution in [0, 0.1) is 5.92 Å². The molecule has 10 heteroatoms. The van der Waals surface area contributed by atoms with Gasteiger partial charge in [0.05, 0.1) is 17.4 Å². The van der Waals surface area contributed by atoms with E-state index in [0.717, 1.165) is 0 Å². The Bertz CT molecular complexity index is 1060. The zero-order valence-electron chi connectivity index (χ0n) is 17.2. The number of hydrogen-bond acceptors (Lipinski definition) is 5. The van der Waals surface area contributed by atoms with E-state index in [9.17, 15) is 18.0 Å². The third kappa shape index (κ3) is 5.82. The molecule has 2 unspecified atom stereocenters. The molecule has 1 aliphatic rings. The zero-order valence-corrected chi connectivity index (χ0v) is 18.7. The first-order chi connectivity index (χ1) is 14.7. The first-order valence-corrected chi connectivity index (χ1v) is 11.5. The Hall–Kier alpha value is -2.46. The summed E-state index contributed by atoms with van der Waals surface area (Å²) in [6.07, 6.45) is 0.0894. The van der Waals surface area contributed by atoms with Crippen molar-refractivity contribution >= 4 is 44.8 Å². The number of methoxy groups -OCH3 is 1. The van der Waals surface area contributed by atoms with E-state index >= 15 is 0 Å². The highest BCUT2D eigenvalue weighted by Gasteiger charge is 2.35. The quantitative estimate of drug-likeness (QED) is 0.623. The maximum atomic E-state index is 12.6. The van der Waals surface area contributed by atoms with Crippen molar-refractivity contribution in [2.75, 3.05) is 30.5 Å². The molecule has 1 saturated heterocycles. The number of hydrogen-bond donors (Lipinski definition) is 2. The van der Waals surface area contributed by atoms with Crippen LogP contribution in [-0.4, -0.2) is 46.5 Å². The van der Waals surface area contributed by atoms with Crippen molar-refractivity contribution < 1.29 is 22.7 Å². The molecule has 8 nitrogen and oxygen atoms in total. The van der Waals surface area contributed by atoms with Crippen LogP contribution in [0.3, 0.4) is 0 Å². The molecule has 1 heterocycles. The van der Waals surface area contributed by atoms with Crippen molar-refractivity contribution in [3.8, 4) is 0 Å². The molecule has 2 amide bonds. The Morgan fingerprint density at radius 3 is 2.61 bits per heavy atom. The van der Waals surface area contributed by atoms with Gasteiger partial charge in [-0.05, 0) is 49.4 Å². The standard InChI is InChI=1S/C21H24ClN3O5S/c1-14(13-30-2)24-31(28,29)19-8-6-17(7-9-19)23-21(27)15-10-20(26)25(12-15)18-5-3-4-16(22)11-18/h3-9,11,14-15,24H,10,12-13H2,1-2H3,(H,23,27). The molecule has 1 aliphatic heterocycles. The van der Waals surface area contributed by atoms with Gasteiger partial charge in [0, 0.05) is 42.5 Å². The van der Waals surface area contributed by atoms with Gasteiger partial charge in [0.15, 0.2) is 0 Å². The van der Waals surface area contributed by atoms with Crippen LogP contribution in [-0.2, 0) is 24.3 Å². The van der Waals surface area contributed by atoms with Crippen molar-refractivity contribution in [3.05, 3.63) is 53.6 Å². The van der Waals surface area contributed by atoms with E-state index in [4.69, 9.17) is 16.3 Å². The van der Waals surface area contributed by atoms with Gasteiger partial charge in [-0.15, -0.1) is 0 Å².